The summed E-state index contributed by atoms with van der Waals surface area (Å²) >= 11 is 0. The predicted molar refractivity (Wildman–Crippen MR) is 91.0 cm³/mol. The van der Waals surface area contributed by atoms with E-state index in [1.165, 1.54) is 6.33 Å². The highest BCUT2D eigenvalue weighted by Crippen LogP contribution is 2.15. The normalized spacial score (nSPS) is 11.4. The van der Waals surface area contributed by atoms with Gasteiger partial charge in [0.25, 0.3) is 5.78 Å². The number of nitrogens with zero attached hydrogens (tertiary/aromatic N) is 4. The summed E-state index contributed by atoms with van der Waals surface area (Å²) in [4.78, 5) is 25.5. The molecule has 0 aliphatic carbocycles. The Kier molecular flexibility index (Phi) is 3.49. The maximum absolute atomic E-state index is 11.3. The summed E-state index contributed by atoms with van der Waals surface area (Å²) in [5, 5.41) is 7.59. The Morgan fingerprint density at radius 3 is 2.96 bits per heavy atom. The van der Waals surface area contributed by atoms with Crippen molar-refractivity contribution in [1.82, 2.24) is 29.5 Å². The second-order valence-corrected chi connectivity index (χ2v) is 5.67. The molecule has 1 aromatic carbocycles. The third-order valence-electron chi connectivity index (χ3n) is 3.87. The van der Waals surface area contributed by atoms with Gasteiger partial charge in [-0.25, -0.2) is 9.78 Å². The third kappa shape index (κ3) is 2.62. The van der Waals surface area contributed by atoms with Crippen molar-refractivity contribution in [2.45, 2.75) is 26.3 Å². The highest BCUT2D eigenvalue weighted by molar-refractivity contribution is 5.75. The molecule has 0 fully saturated rings. The number of nitrogens with one attached hydrogen (secondary N) is 3. The van der Waals surface area contributed by atoms with Gasteiger partial charge in [-0.05, 0) is 24.1 Å². The molecule has 0 unspecified atom stereocenters. The first-order chi connectivity index (χ1) is 11.7. The quantitative estimate of drug-likeness (QED) is 0.520. The van der Waals surface area contributed by atoms with Gasteiger partial charge in [0.15, 0.2) is 0 Å². The number of aromatic amines is 2. The van der Waals surface area contributed by atoms with Crippen LogP contribution < -0.4 is 11.0 Å². The van der Waals surface area contributed by atoms with Gasteiger partial charge in [0.05, 0.1) is 11.0 Å². The lowest BCUT2D eigenvalue weighted by molar-refractivity contribution is 0.854. The van der Waals surface area contributed by atoms with Crippen molar-refractivity contribution in [3.63, 3.8) is 0 Å². The van der Waals surface area contributed by atoms with Gasteiger partial charge in [0.1, 0.15) is 12.1 Å². The molecule has 8 heteroatoms. The summed E-state index contributed by atoms with van der Waals surface area (Å²) in [7, 11) is 0. The van der Waals surface area contributed by atoms with Crippen molar-refractivity contribution in [3.8, 4) is 0 Å². The van der Waals surface area contributed by atoms with Crippen LogP contribution in [0.3, 0.4) is 0 Å². The molecule has 4 rings (SSSR count). The van der Waals surface area contributed by atoms with Gasteiger partial charge >= 0.3 is 5.69 Å². The number of H-pyrrole nitrogens is 2. The van der Waals surface area contributed by atoms with Crippen molar-refractivity contribution in [2.75, 3.05) is 5.32 Å². The van der Waals surface area contributed by atoms with E-state index >= 15 is 0 Å². The van der Waals surface area contributed by atoms with E-state index in [2.05, 4.69) is 37.3 Å². The Balaban J connectivity index is 1.62. The van der Waals surface area contributed by atoms with Gasteiger partial charge in [0.2, 0.25) is 0 Å². The lowest BCUT2D eigenvalue weighted by Crippen LogP contribution is -2.08. The summed E-state index contributed by atoms with van der Waals surface area (Å²) in [5.74, 6) is 1.44. The molecule has 122 valence electrons. The minimum Gasteiger partial charge on any atom is -0.366 e. The van der Waals surface area contributed by atoms with Crippen molar-refractivity contribution < 1.29 is 0 Å². The van der Waals surface area contributed by atoms with E-state index in [1.54, 1.807) is 4.52 Å². The van der Waals surface area contributed by atoms with Crippen molar-refractivity contribution in [3.05, 3.63) is 52.3 Å². The number of hydrogen-bond acceptors (Lipinski definition) is 5. The molecular weight excluding hydrogens is 306 g/mol. The molecule has 0 spiro atoms. The third-order valence-corrected chi connectivity index (χ3v) is 3.87. The van der Waals surface area contributed by atoms with Crippen LogP contribution in [-0.4, -0.2) is 29.5 Å². The van der Waals surface area contributed by atoms with Crippen molar-refractivity contribution >= 4 is 22.6 Å². The molecule has 0 amide bonds. The van der Waals surface area contributed by atoms with Crippen LogP contribution in [0.5, 0.6) is 0 Å². The lowest BCUT2D eigenvalue weighted by Gasteiger charge is -2.10. The maximum atomic E-state index is 11.3. The van der Waals surface area contributed by atoms with Crippen LogP contribution >= 0.6 is 0 Å². The van der Waals surface area contributed by atoms with Crippen LogP contribution in [0.2, 0.25) is 0 Å². The zero-order valence-corrected chi connectivity index (χ0v) is 13.2. The number of rotatable bonds is 5. The summed E-state index contributed by atoms with van der Waals surface area (Å²) in [6.45, 7) is 2.73. The van der Waals surface area contributed by atoms with Crippen LogP contribution in [0.1, 0.15) is 24.6 Å². The first kappa shape index (κ1) is 14.4. The van der Waals surface area contributed by atoms with Gasteiger partial charge < -0.3 is 15.3 Å². The molecular formula is C16H17N7O. The highest BCUT2D eigenvalue weighted by atomic mass is 16.1. The number of anilines is 1. The van der Waals surface area contributed by atoms with Crippen LogP contribution in [0.4, 0.5) is 5.82 Å². The number of hydrogen-bond donors (Lipinski definition) is 3. The molecule has 3 heterocycles. The van der Waals surface area contributed by atoms with Crippen molar-refractivity contribution in [1.29, 1.82) is 0 Å². The Hall–Kier alpha value is -3.16. The fourth-order valence-corrected chi connectivity index (χ4v) is 2.75. The Labute approximate surface area is 137 Å². The molecule has 0 saturated heterocycles. The van der Waals surface area contributed by atoms with E-state index < -0.39 is 0 Å². The van der Waals surface area contributed by atoms with E-state index in [0.29, 0.717) is 12.3 Å². The average molecular weight is 323 g/mol. The van der Waals surface area contributed by atoms with E-state index in [9.17, 15) is 4.79 Å². The number of imidazole rings is 1. The molecule has 0 radical (unpaired) electrons. The molecule has 0 atom stereocenters. The van der Waals surface area contributed by atoms with Crippen LogP contribution in [0.25, 0.3) is 16.8 Å². The second-order valence-electron chi connectivity index (χ2n) is 5.67. The zero-order chi connectivity index (χ0) is 16.5. The maximum Gasteiger partial charge on any atom is 0.323 e. The van der Waals surface area contributed by atoms with E-state index in [1.807, 2.05) is 24.3 Å². The topological polar surface area (TPSA) is 104 Å². The highest BCUT2D eigenvalue weighted by Gasteiger charge is 2.07. The number of benzene rings is 1. The molecule has 0 bridgehead atoms. The SMILES string of the molecule is CCCc1cc(NCc2ccc3[nH]c(=O)[nH]c3c2)n2ncnc2n1. The van der Waals surface area contributed by atoms with Crippen LogP contribution in [0.15, 0.2) is 35.4 Å². The molecule has 0 aliphatic rings. The Morgan fingerprint density at radius 1 is 1.21 bits per heavy atom. The molecule has 0 aliphatic heterocycles. The smallest absolute Gasteiger partial charge is 0.323 e. The number of aromatic nitrogens is 6. The first-order valence-corrected chi connectivity index (χ1v) is 7.87. The summed E-state index contributed by atoms with van der Waals surface area (Å²) in [6, 6.07) is 7.82. The minimum absolute atomic E-state index is 0.197. The van der Waals surface area contributed by atoms with Gasteiger partial charge in [-0.1, -0.05) is 19.4 Å². The largest absolute Gasteiger partial charge is 0.366 e. The fraction of sp³-hybridized carbons (Fsp3) is 0.250. The second kappa shape index (κ2) is 5.80. The van der Waals surface area contributed by atoms with Gasteiger partial charge in [-0.15, -0.1) is 0 Å². The lowest BCUT2D eigenvalue weighted by atomic mass is 10.2. The summed E-state index contributed by atoms with van der Waals surface area (Å²) in [5.41, 5.74) is 3.45. The monoisotopic (exact) mass is 323 g/mol. The number of aryl methyl sites for hydroxylation is 1. The zero-order valence-electron chi connectivity index (χ0n) is 13.2. The average Bonchev–Trinajstić information content (AvgIpc) is 3.17. The van der Waals surface area contributed by atoms with E-state index in [4.69, 9.17) is 0 Å². The van der Waals surface area contributed by atoms with E-state index in [0.717, 1.165) is 41.0 Å². The van der Waals surface area contributed by atoms with Crippen molar-refractivity contribution in [2.24, 2.45) is 0 Å². The molecule has 24 heavy (non-hydrogen) atoms. The van der Waals surface area contributed by atoms with Gasteiger partial charge in [-0.3, -0.25) is 0 Å². The molecule has 8 nitrogen and oxygen atoms in total. The summed E-state index contributed by atoms with van der Waals surface area (Å²) in [6.07, 6.45) is 3.42. The standard InChI is InChI=1S/C16H17N7O/c1-2-3-11-7-14(23-15(20-11)18-9-19-23)17-8-10-4-5-12-13(6-10)22-16(24)21-12/h4-7,9,17H,2-3,8H2,1H3,(H2,21,22,24). The minimum atomic E-state index is -0.197. The molecule has 4 aromatic rings. The van der Waals surface area contributed by atoms with Crippen LogP contribution in [0, 0.1) is 0 Å². The van der Waals surface area contributed by atoms with Gasteiger partial charge in [-0.2, -0.15) is 14.6 Å². The molecule has 3 N–H and O–H groups in total. The predicted octanol–water partition coefficient (Wildman–Crippen LogP) is 1.86. The number of fused-ring (bicyclic) bond motifs is 2. The van der Waals surface area contributed by atoms with E-state index in [-0.39, 0.29) is 5.69 Å². The van der Waals surface area contributed by atoms with Crippen LogP contribution in [-0.2, 0) is 13.0 Å². The summed E-state index contributed by atoms with van der Waals surface area (Å²) < 4.78 is 1.69. The molecule has 3 aromatic heterocycles. The fourth-order valence-electron chi connectivity index (χ4n) is 2.75. The Bertz CT molecular complexity index is 1060. The van der Waals surface area contributed by atoms with Gasteiger partial charge in [0, 0.05) is 18.3 Å². The first-order valence-electron chi connectivity index (χ1n) is 7.87. The molecule has 0 saturated carbocycles. The Morgan fingerprint density at radius 2 is 2.08 bits per heavy atom.